The molecule has 3 heteroatoms. The van der Waals surface area contributed by atoms with Gasteiger partial charge in [-0.2, -0.15) is 0 Å². The highest BCUT2D eigenvalue weighted by Gasteiger charge is 2.39. The van der Waals surface area contributed by atoms with Gasteiger partial charge in [-0.05, 0) is 31.0 Å². The first-order valence-electron chi connectivity index (χ1n) is 6.77. The van der Waals surface area contributed by atoms with Crippen molar-refractivity contribution in [1.29, 1.82) is 0 Å². The lowest BCUT2D eigenvalue weighted by Gasteiger charge is -2.41. The molecule has 0 amide bonds. The topological polar surface area (TPSA) is 29.5 Å². The molecule has 0 saturated carbocycles. The molecule has 1 aromatic carbocycles. The standard InChI is InChI=1S/C15H21ClO2/c1-3-7-15(8-4-2)10-13(17)12-9-11(16)5-6-14(12)18-15/h5-6,9,13,17H,3-4,7-8,10H2,1-2H3. The van der Waals surface area contributed by atoms with Gasteiger partial charge in [0.15, 0.2) is 0 Å². The molecule has 0 aromatic heterocycles. The smallest absolute Gasteiger partial charge is 0.126 e. The highest BCUT2D eigenvalue weighted by Crippen LogP contribution is 2.44. The average Bonchev–Trinajstić information content (AvgIpc) is 2.31. The van der Waals surface area contributed by atoms with Crippen LogP contribution in [0.1, 0.15) is 57.6 Å². The molecule has 1 aromatic rings. The van der Waals surface area contributed by atoms with Gasteiger partial charge in [-0.1, -0.05) is 38.3 Å². The van der Waals surface area contributed by atoms with Crippen LogP contribution in [0.4, 0.5) is 0 Å². The summed E-state index contributed by atoms with van der Waals surface area (Å²) < 4.78 is 6.21. The summed E-state index contributed by atoms with van der Waals surface area (Å²) in [6, 6.07) is 5.50. The Balaban J connectivity index is 2.32. The number of hydrogen-bond acceptors (Lipinski definition) is 2. The van der Waals surface area contributed by atoms with Crippen LogP contribution in [-0.4, -0.2) is 10.7 Å². The minimum Gasteiger partial charge on any atom is -0.487 e. The van der Waals surface area contributed by atoms with Crippen LogP contribution in [0.3, 0.4) is 0 Å². The summed E-state index contributed by atoms with van der Waals surface area (Å²) in [7, 11) is 0. The van der Waals surface area contributed by atoms with Crippen molar-refractivity contribution in [1.82, 2.24) is 0 Å². The fraction of sp³-hybridized carbons (Fsp3) is 0.600. The van der Waals surface area contributed by atoms with Gasteiger partial charge in [0.05, 0.1) is 6.10 Å². The van der Waals surface area contributed by atoms with E-state index in [1.807, 2.05) is 18.2 Å². The molecule has 0 saturated heterocycles. The third-order valence-electron chi connectivity index (χ3n) is 3.63. The van der Waals surface area contributed by atoms with Crippen molar-refractivity contribution in [3.63, 3.8) is 0 Å². The van der Waals surface area contributed by atoms with Crippen molar-refractivity contribution in [3.05, 3.63) is 28.8 Å². The summed E-state index contributed by atoms with van der Waals surface area (Å²) in [5.74, 6) is 0.792. The Morgan fingerprint density at radius 3 is 2.61 bits per heavy atom. The van der Waals surface area contributed by atoms with E-state index in [1.165, 1.54) is 0 Å². The number of fused-ring (bicyclic) bond motifs is 1. The number of aliphatic hydroxyl groups excluding tert-OH is 1. The number of aliphatic hydroxyl groups is 1. The molecule has 0 aliphatic carbocycles. The van der Waals surface area contributed by atoms with Gasteiger partial charge < -0.3 is 9.84 Å². The van der Waals surface area contributed by atoms with Crippen LogP contribution < -0.4 is 4.74 Å². The van der Waals surface area contributed by atoms with E-state index in [9.17, 15) is 5.11 Å². The van der Waals surface area contributed by atoms with Gasteiger partial charge in [0.25, 0.3) is 0 Å². The maximum atomic E-state index is 10.3. The van der Waals surface area contributed by atoms with Crippen molar-refractivity contribution in [2.24, 2.45) is 0 Å². The normalized spacial score (nSPS) is 21.2. The Bertz CT molecular complexity index is 411. The molecule has 0 fully saturated rings. The van der Waals surface area contributed by atoms with E-state index in [0.717, 1.165) is 37.0 Å². The molecule has 1 N–H and O–H groups in total. The zero-order chi connectivity index (χ0) is 13.2. The number of ether oxygens (including phenoxy) is 1. The molecule has 18 heavy (non-hydrogen) atoms. The average molecular weight is 269 g/mol. The van der Waals surface area contributed by atoms with Crippen LogP contribution in [0, 0.1) is 0 Å². The first-order valence-corrected chi connectivity index (χ1v) is 7.14. The minimum absolute atomic E-state index is 0.205. The maximum absolute atomic E-state index is 10.3. The summed E-state index contributed by atoms with van der Waals surface area (Å²) in [6.45, 7) is 4.31. The Morgan fingerprint density at radius 1 is 1.33 bits per heavy atom. The minimum atomic E-state index is -0.467. The molecular formula is C15H21ClO2. The quantitative estimate of drug-likeness (QED) is 0.871. The van der Waals surface area contributed by atoms with E-state index >= 15 is 0 Å². The first-order chi connectivity index (χ1) is 8.60. The molecule has 1 atom stereocenters. The van der Waals surface area contributed by atoms with Gasteiger partial charge in [-0.3, -0.25) is 0 Å². The van der Waals surface area contributed by atoms with Gasteiger partial charge in [-0.15, -0.1) is 0 Å². The first kappa shape index (κ1) is 13.7. The summed E-state index contributed by atoms with van der Waals surface area (Å²) in [5, 5.41) is 11.0. The number of halogens is 1. The lowest BCUT2D eigenvalue weighted by Crippen LogP contribution is -2.41. The molecular weight excluding hydrogens is 248 g/mol. The van der Waals surface area contributed by atoms with Gasteiger partial charge in [-0.25, -0.2) is 0 Å². The van der Waals surface area contributed by atoms with Gasteiger partial charge in [0.1, 0.15) is 11.4 Å². The molecule has 1 aliphatic heterocycles. The summed E-state index contributed by atoms with van der Waals surface area (Å²) in [5.41, 5.74) is 0.620. The van der Waals surface area contributed by atoms with E-state index in [0.29, 0.717) is 11.4 Å². The molecule has 1 heterocycles. The van der Waals surface area contributed by atoms with Crippen molar-refractivity contribution >= 4 is 11.6 Å². The monoisotopic (exact) mass is 268 g/mol. The lowest BCUT2D eigenvalue weighted by molar-refractivity contribution is -0.0267. The fourth-order valence-corrected chi connectivity index (χ4v) is 3.13. The Hall–Kier alpha value is -0.730. The fourth-order valence-electron chi connectivity index (χ4n) is 2.95. The third kappa shape index (κ3) is 2.65. The van der Waals surface area contributed by atoms with Crippen molar-refractivity contribution in [2.75, 3.05) is 0 Å². The predicted octanol–water partition coefficient (Wildman–Crippen LogP) is 4.49. The van der Waals surface area contributed by atoms with Crippen molar-refractivity contribution in [2.45, 2.75) is 57.7 Å². The molecule has 100 valence electrons. The second-order valence-corrected chi connectivity index (χ2v) is 5.62. The summed E-state index contributed by atoms with van der Waals surface area (Å²) in [4.78, 5) is 0. The molecule has 1 aliphatic rings. The highest BCUT2D eigenvalue weighted by atomic mass is 35.5. The largest absolute Gasteiger partial charge is 0.487 e. The van der Waals surface area contributed by atoms with Gasteiger partial charge >= 0.3 is 0 Å². The maximum Gasteiger partial charge on any atom is 0.126 e. The molecule has 0 spiro atoms. The molecule has 0 radical (unpaired) electrons. The highest BCUT2D eigenvalue weighted by molar-refractivity contribution is 6.30. The molecule has 2 rings (SSSR count). The van der Waals surface area contributed by atoms with Crippen LogP contribution in [0.5, 0.6) is 5.75 Å². The predicted molar refractivity (Wildman–Crippen MR) is 74.2 cm³/mol. The second kappa shape index (κ2) is 5.50. The number of hydrogen-bond donors (Lipinski definition) is 1. The Kier molecular flexibility index (Phi) is 4.18. The Morgan fingerprint density at radius 2 is 2.00 bits per heavy atom. The van der Waals surface area contributed by atoms with Crippen LogP contribution >= 0.6 is 11.6 Å². The SMILES string of the molecule is CCCC1(CCC)CC(O)c2cc(Cl)ccc2O1. The van der Waals surface area contributed by atoms with Crippen LogP contribution in [0.15, 0.2) is 18.2 Å². The zero-order valence-corrected chi connectivity index (χ0v) is 11.8. The third-order valence-corrected chi connectivity index (χ3v) is 3.87. The van der Waals surface area contributed by atoms with Crippen LogP contribution in [-0.2, 0) is 0 Å². The molecule has 1 unspecified atom stereocenters. The summed E-state index contributed by atoms with van der Waals surface area (Å²) >= 11 is 5.97. The van der Waals surface area contributed by atoms with Crippen molar-refractivity contribution < 1.29 is 9.84 Å². The number of rotatable bonds is 4. The Labute approximate surface area is 114 Å². The van der Waals surface area contributed by atoms with Crippen LogP contribution in [0.2, 0.25) is 5.02 Å². The van der Waals surface area contributed by atoms with Crippen LogP contribution in [0.25, 0.3) is 0 Å². The van der Waals surface area contributed by atoms with E-state index < -0.39 is 6.10 Å². The van der Waals surface area contributed by atoms with E-state index in [2.05, 4.69) is 13.8 Å². The zero-order valence-electron chi connectivity index (χ0n) is 11.1. The van der Waals surface area contributed by atoms with E-state index in [1.54, 1.807) is 0 Å². The van der Waals surface area contributed by atoms with Gasteiger partial charge in [0, 0.05) is 17.0 Å². The lowest BCUT2D eigenvalue weighted by atomic mass is 9.82. The molecule has 2 nitrogen and oxygen atoms in total. The molecule has 0 bridgehead atoms. The summed E-state index contributed by atoms with van der Waals surface area (Å²) in [6.07, 6.45) is 4.30. The van der Waals surface area contributed by atoms with Crippen molar-refractivity contribution in [3.8, 4) is 5.75 Å². The number of benzene rings is 1. The van der Waals surface area contributed by atoms with Gasteiger partial charge in [0.2, 0.25) is 0 Å². The second-order valence-electron chi connectivity index (χ2n) is 5.19. The van der Waals surface area contributed by atoms with E-state index in [-0.39, 0.29) is 5.60 Å². The van der Waals surface area contributed by atoms with E-state index in [4.69, 9.17) is 16.3 Å².